The number of fused-ring (bicyclic) bond motifs is 2. The highest BCUT2D eigenvalue weighted by Crippen LogP contribution is 2.42. The molecule has 0 radical (unpaired) electrons. The van der Waals surface area contributed by atoms with Crippen molar-refractivity contribution in [3.8, 4) is 11.5 Å². The number of methoxy groups -OCH3 is 2. The average molecular weight is 432 g/mol. The summed E-state index contributed by atoms with van der Waals surface area (Å²) in [6.45, 7) is 0. The molecule has 2 atom stereocenters. The van der Waals surface area contributed by atoms with Gasteiger partial charge in [0.05, 0.1) is 19.8 Å². The van der Waals surface area contributed by atoms with Crippen molar-refractivity contribution in [2.75, 3.05) is 14.2 Å². The molecule has 9 heteroatoms. The number of nitrogens with zero attached hydrogens (tertiary/aromatic N) is 2. The highest BCUT2D eigenvalue weighted by molar-refractivity contribution is 7.89. The number of pyridine rings is 1. The summed E-state index contributed by atoms with van der Waals surface area (Å²) in [5, 5.41) is 0. The van der Waals surface area contributed by atoms with E-state index in [1.54, 1.807) is 28.8 Å². The molecule has 0 amide bonds. The standard InChI is InChI=1S/C21H24N2O6S/c1-27-19-6-3-14(21(24)28-2)11-20(19)30(25,26)23-15-4-5-16(23)13-18(12-15)29-17-7-9-22-10-8-17/h3,6-11,15-16,18H,4-5,12-13H2,1-2H3. The Balaban J connectivity index is 1.61. The zero-order valence-electron chi connectivity index (χ0n) is 16.9. The predicted molar refractivity (Wildman–Crippen MR) is 108 cm³/mol. The average Bonchev–Trinajstić information content (AvgIpc) is 3.05. The zero-order valence-corrected chi connectivity index (χ0v) is 17.7. The summed E-state index contributed by atoms with van der Waals surface area (Å²) in [5.41, 5.74) is 0.167. The molecule has 0 N–H and O–H groups in total. The number of hydrogen-bond acceptors (Lipinski definition) is 7. The van der Waals surface area contributed by atoms with Gasteiger partial charge in [0.15, 0.2) is 0 Å². The fourth-order valence-corrected chi connectivity index (χ4v) is 6.50. The lowest BCUT2D eigenvalue weighted by molar-refractivity contribution is 0.0600. The minimum absolute atomic E-state index is 0.0155. The number of benzene rings is 1. The summed E-state index contributed by atoms with van der Waals surface area (Å²) in [6.07, 6.45) is 6.06. The lowest BCUT2D eigenvalue weighted by Crippen LogP contribution is -2.49. The van der Waals surface area contributed by atoms with E-state index in [4.69, 9.17) is 14.2 Å². The Morgan fingerprint density at radius 2 is 1.73 bits per heavy atom. The molecule has 4 rings (SSSR count). The van der Waals surface area contributed by atoms with Gasteiger partial charge in [0.1, 0.15) is 22.5 Å². The van der Waals surface area contributed by atoms with Crippen LogP contribution in [0.5, 0.6) is 11.5 Å². The molecule has 2 aromatic rings. The summed E-state index contributed by atoms with van der Waals surface area (Å²) < 4.78 is 44.9. The molecular formula is C21H24N2O6S. The lowest BCUT2D eigenvalue weighted by Gasteiger charge is -2.38. The quantitative estimate of drug-likeness (QED) is 0.648. The molecule has 1 aromatic heterocycles. The van der Waals surface area contributed by atoms with Gasteiger partial charge in [-0.05, 0) is 43.2 Å². The van der Waals surface area contributed by atoms with Crippen LogP contribution in [-0.2, 0) is 14.8 Å². The van der Waals surface area contributed by atoms with Gasteiger partial charge in [-0.25, -0.2) is 13.2 Å². The van der Waals surface area contributed by atoms with Crippen LogP contribution in [0.15, 0.2) is 47.6 Å². The molecule has 2 unspecified atom stereocenters. The van der Waals surface area contributed by atoms with Crippen LogP contribution in [0.3, 0.4) is 0 Å². The van der Waals surface area contributed by atoms with E-state index in [1.165, 1.54) is 32.4 Å². The van der Waals surface area contributed by atoms with Crippen LogP contribution in [0, 0.1) is 0 Å². The SMILES string of the molecule is COC(=O)c1ccc(OC)c(S(=O)(=O)N2C3CCC2CC(Oc2ccncc2)C3)c1. The van der Waals surface area contributed by atoms with E-state index < -0.39 is 16.0 Å². The van der Waals surface area contributed by atoms with Gasteiger partial charge in [-0.3, -0.25) is 4.98 Å². The van der Waals surface area contributed by atoms with Gasteiger partial charge in [0.25, 0.3) is 0 Å². The number of piperidine rings is 1. The molecule has 2 aliphatic heterocycles. The molecule has 3 heterocycles. The first-order valence-electron chi connectivity index (χ1n) is 9.80. The number of aromatic nitrogens is 1. The van der Waals surface area contributed by atoms with Crippen molar-refractivity contribution in [2.24, 2.45) is 0 Å². The van der Waals surface area contributed by atoms with Gasteiger partial charge in [0, 0.05) is 37.3 Å². The van der Waals surface area contributed by atoms with E-state index in [-0.39, 0.29) is 34.4 Å². The summed E-state index contributed by atoms with van der Waals surface area (Å²) in [4.78, 5) is 15.9. The topological polar surface area (TPSA) is 95.0 Å². The number of rotatable bonds is 6. The Kier molecular flexibility index (Phi) is 5.66. The third kappa shape index (κ3) is 3.75. The minimum Gasteiger partial charge on any atom is -0.495 e. The molecule has 0 aliphatic carbocycles. The molecule has 30 heavy (non-hydrogen) atoms. The van der Waals surface area contributed by atoms with E-state index >= 15 is 0 Å². The number of carbonyl (C=O) groups excluding carboxylic acids is 1. The zero-order chi connectivity index (χ0) is 21.3. The Bertz CT molecular complexity index is 1010. The number of esters is 1. The summed E-state index contributed by atoms with van der Waals surface area (Å²) in [6, 6.07) is 7.59. The van der Waals surface area contributed by atoms with Gasteiger partial charge < -0.3 is 14.2 Å². The van der Waals surface area contributed by atoms with Crippen molar-refractivity contribution in [3.05, 3.63) is 48.3 Å². The second kappa shape index (κ2) is 8.23. The monoisotopic (exact) mass is 432 g/mol. The van der Waals surface area contributed by atoms with E-state index in [0.29, 0.717) is 12.8 Å². The molecule has 2 fully saturated rings. The van der Waals surface area contributed by atoms with Gasteiger partial charge in [-0.2, -0.15) is 4.31 Å². The largest absolute Gasteiger partial charge is 0.495 e. The Morgan fingerprint density at radius 1 is 1.07 bits per heavy atom. The molecule has 0 spiro atoms. The maximum atomic E-state index is 13.6. The van der Waals surface area contributed by atoms with Crippen LogP contribution < -0.4 is 9.47 Å². The molecule has 2 saturated heterocycles. The van der Waals surface area contributed by atoms with Crippen LogP contribution in [0.1, 0.15) is 36.0 Å². The van der Waals surface area contributed by atoms with Gasteiger partial charge in [-0.1, -0.05) is 0 Å². The van der Waals surface area contributed by atoms with Crippen molar-refractivity contribution in [3.63, 3.8) is 0 Å². The van der Waals surface area contributed by atoms with Gasteiger partial charge >= 0.3 is 5.97 Å². The molecule has 160 valence electrons. The van der Waals surface area contributed by atoms with Crippen molar-refractivity contribution < 1.29 is 27.4 Å². The second-order valence-corrected chi connectivity index (χ2v) is 9.28. The Labute approximate surface area is 175 Å². The smallest absolute Gasteiger partial charge is 0.337 e. The lowest BCUT2D eigenvalue weighted by atomic mass is 10.0. The number of carbonyl (C=O) groups is 1. The van der Waals surface area contributed by atoms with E-state index in [9.17, 15) is 13.2 Å². The molecule has 0 saturated carbocycles. The van der Waals surface area contributed by atoms with Crippen LogP contribution in [0.2, 0.25) is 0 Å². The van der Waals surface area contributed by atoms with Crippen LogP contribution in [0.4, 0.5) is 0 Å². The molecular weight excluding hydrogens is 408 g/mol. The maximum Gasteiger partial charge on any atom is 0.337 e. The van der Waals surface area contributed by atoms with Crippen LogP contribution in [-0.4, -0.2) is 56.1 Å². The maximum absolute atomic E-state index is 13.6. The van der Waals surface area contributed by atoms with Crippen molar-refractivity contribution in [2.45, 2.75) is 48.8 Å². The van der Waals surface area contributed by atoms with Crippen molar-refractivity contribution in [1.29, 1.82) is 0 Å². The number of ether oxygens (including phenoxy) is 3. The molecule has 1 aromatic carbocycles. The van der Waals surface area contributed by atoms with E-state index in [0.717, 1.165) is 18.6 Å². The van der Waals surface area contributed by atoms with Crippen molar-refractivity contribution >= 4 is 16.0 Å². The fraction of sp³-hybridized carbons (Fsp3) is 0.429. The highest BCUT2D eigenvalue weighted by Gasteiger charge is 2.48. The van der Waals surface area contributed by atoms with E-state index in [1.807, 2.05) is 0 Å². The Hall–Kier alpha value is -2.65. The predicted octanol–water partition coefficient (Wildman–Crippen LogP) is 2.64. The number of hydrogen-bond donors (Lipinski definition) is 0. The summed E-state index contributed by atoms with van der Waals surface area (Å²) in [5.74, 6) is 0.344. The third-order valence-electron chi connectivity index (χ3n) is 5.72. The van der Waals surface area contributed by atoms with Gasteiger partial charge in [-0.15, -0.1) is 0 Å². The highest BCUT2D eigenvalue weighted by atomic mass is 32.2. The third-order valence-corrected chi connectivity index (χ3v) is 7.74. The van der Waals surface area contributed by atoms with Crippen LogP contribution >= 0.6 is 0 Å². The summed E-state index contributed by atoms with van der Waals surface area (Å²) >= 11 is 0. The molecule has 2 bridgehead atoms. The second-order valence-electron chi connectivity index (χ2n) is 7.47. The summed E-state index contributed by atoms with van der Waals surface area (Å²) in [7, 11) is -1.20. The minimum atomic E-state index is -3.87. The number of sulfonamides is 1. The van der Waals surface area contributed by atoms with Crippen molar-refractivity contribution in [1.82, 2.24) is 9.29 Å². The first-order chi connectivity index (χ1) is 14.4. The van der Waals surface area contributed by atoms with Gasteiger partial charge in [0.2, 0.25) is 10.0 Å². The molecule has 8 nitrogen and oxygen atoms in total. The molecule has 2 aliphatic rings. The first-order valence-corrected chi connectivity index (χ1v) is 11.2. The van der Waals surface area contributed by atoms with Crippen LogP contribution in [0.25, 0.3) is 0 Å². The first kappa shape index (κ1) is 20.6. The fourth-order valence-electron chi connectivity index (χ4n) is 4.42. The van der Waals surface area contributed by atoms with E-state index in [2.05, 4.69) is 4.98 Å². The Morgan fingerprint density at radius 3 is 2.33 bits per heavy atom. The normalized spacial score (nSPS) is 23.7.